The molecule has 0 fully saturated rings. The molecule has 0 aliphatic rings. The predicted molar refractivity (Wildman–Crippen MR) is 84.3 cm³/mol. The molecule has 3 unspecified atom stereocenters. The molecule has 4 nitrogen and oxygen atoms in total. The molecule has 0 saturated heterocycles. The van der Waals surface area contributed by atoms with Gasteiger partial charge >= 0.3 is 0 Å². The van der Waals surface area contributed by atoms with Gasteiger partial charge in [-0.1, -0.05) is 20.3 Å². The lowest BCUT2D eigenvalue weighted by Crippen LogP contribution is -2.15. The molecule has 5 heteroatoms. The van der Waals surface area contributed by atoms with Crippen LogP contribution in [0.15, 0.2) is 0 Å². The van der Waals surface area contributed by atoms with Gasteiger partial charge in [-0.3, -0.25) is 4.68 Å². The van der Waals surface area contributed by atoms with E-state index in [9.17, 15) is 0 Å². The second-order valence-corrected chi connectivity index (χ2v) is 6.59. The maximum Gasteiger partial charge on any atom is 0.158 e. The van der Waals surface area contributed by atoms with Crippen molar-refractivity contribution in [2.45, 2.75) is 58.9 Å². The molecule has 0 aromatic carbocycles. The lowest BCUT2D eigenvalue weighted by molar-refractivity contribution is 0.393. The number of halogens is 1. The van der Waals surface area contributed by atoms with Crippen molar-refractivity contribution in [1.82, 2.24) is 19.3 Å². The third kappa shape index (κ3) is 2.58. The van der Waals surface area contributed by atoms with E-state index < -0.39 is 0 Å². The van der Waals surface area contributed by atoms with Crippen LogP contribution in [-0.4, -0.2) is 19.3 Å². The molecule has 0 spiro atoms. The van der Waals surface area contributed by atoms with Crippen LogP contribution in [0.25, 0.3) is 11.2 Å². The van der Waals surface area contributed by atoms with E-state index in [1.807, 2.05) is 25.6 Å². The predicted octanol–water partition coefficient (Wildman–Crippen LogP) is 4.38. The summed E-state index contributed by atoms with van der Waals surface area (Å²) >= 11 is 6.34. The second-order valence-electron chi connectivity index (χ2n) is 5.94. The smallest absolute Gasteiger partial charge is 0.158 e. The van der Waals surface area contributed by atoms with Gasteiger partial charge in [0.1, 0.15) is 11.3 Å². The number of fused-ring (bicyclic) bond motifs is 1. The number of alkyl halides is 1. The summed E-state index contributed by atoms with van der Waals surface area (Å²) in [7, 11) is 1.98. The Kier molecular flexibility index (Phi) is 4.43. The molecule has 0 bridgehead atoms. The van der Waals surface area contributed by atoms with Crippen molar-refractivity contribution in [1.29, 1.82) is 0 Å². The first kappa shape index (κ1) is 15.4. The van der Waals surface area contributed by atoms with Gasteiger partial charge in [0.2, 0.25) is 0 Å². The Labute approximate surface area is 126 Å². The van der Waals surface area contributed by atoms with Gasteiger partial charge in [-0.2, -0.15) is 5.10 Å². The van der Waals surface area contributed by atoms with Crippen molar-refractivity contribution >= 4 is 22.8 Å². The summed E-state index contributed by atoms with van der Waals surface area (Å²) in [4.78, 5) is 4.73. The van der Waals surface area contributed by atoms with Crippen LogP contribution in [0.1, 0.15) is 63.5 Å². The van der Waals surface area contributed by atoms with Crippen molar-refractivity contribution in [2.75, 3.05) is 0 Å². The highest BCUT2D eigenvalue weighted by atomic mass is 35.5. The number of aromatic nitrogens is 4. The molecule has 20 heavy (non-hydrogen) atoms. The molecule has 0 amide bonds. The number of imidazole rings is 1. The van der Waals surface area contributed by atoms with E-state index >= 15 is 0 Å². The van der Waals surface area contributed by atoms with Crippen LogP contribution in [0.4, 0.5) is 0 Å². The van der Waals surface area contributed by atoms with E-state index in [0.717, 1.165) is 29.1 Å². The minimum Gasteiger partial charge on any atom is -0.309 e. The van der Waals surface area contributed by atoms with E-state index in [1.165, 1.54) is 6.42 Å². The van der Waals surface area contributed by atoms with Crippen molar-refractivity contribution in [3.63, 3.8) is 0 Å². The highest BCUT2D eigenvalue weighted by Crippen LogP contribution is 2.31. The Hall–Kier alpha value is -1.03. The fourth-order valence-electron chi connectivity index (χ4n) is 2.88. The van der Waals surface area contributed by atoms with Gasteiger partial charge in [-0.15, -0.1) is 11.6 Å². The molecule has 3 atom stereocenters. The average Bonchev–Trinajstić information content (AvgIpc) is 2.89. The third-order valence-electron chi connectivity index (χ3n) is 4.10. The maximum absolute atomic E-state index is 6.34. The molecular formula is C15H25ClN4. The van der Waals surface area contributed by atoms with Crippen LogP contribution in [0.5, 0.6) is 0 Å². The van der Waals surface area contributed by atoms with Crippen molar-refractivity contribution in [3.8, 4) is 0 Å². The van der Waals surface area contributed by atoms with E-state index in [4.69, 9.17) is 16.6 Å². The van der Waals surface area contributed by atoms with Gasteiger partial charge in [-0.05, 0) is 33.1 Å². The third-order valence-corrected chi connectivity index (χ3v) is 4.29. The first-order chi connectivity index (χ1) is 9.36. The molecule has 0 aliphatic carbocycles. The number of rotatable bonds is 5. The van der Waals surface area contributed by atoms with E-state index in [2.05, 4.69) is 30.4 Å². The van der Waals surface area contributed by atoms with Crippen LogP contribution in [0.3, 0.4) is 0 Å². The molecule has 112 valence electrons. The molecule has 0 N–H and O–H groups in total. The van der Waals surface area contributed by atoms with E-state index in [1.54, 1.807) is 0 Å². The SMILES string of the molecule is CCC(C)CC(C)n1c(C(C)Cl)nc2c(C)nn(C)c21. The summed E-state index contributed by atoms with van der Waals surface area (Å²) < 4.78 is 4.20. The minimum atomic E-state index is -0.0961. The van der Waals surface area contributed by atoms with Gasteiger partial charge in [0.25, 0.3) is 0 Å². The summed E-state index contributed by atoms with van der Waals surface area (Å²) in [6.45, 7) is 10.8. The molecule has 2 aromatic rings. The lowest BCUT2D eigenvalue weighted by atomic mass is 10.00. The highest BCUT2D eigenvalue weighted by Gasteiger charge is 2.23. The molecule has 2 aromatic heterocycles. The number of nitrogens with zero attached hydrogens (tertiary/aromatic N) is 4. The zero-order valence-corrected chi connectivity index (χ0v) is 14.1. The zero-order chi connectivity index (χ0) is 15.0. The number of hydrogen-bond donors (Lipinski definition) is 0. The van der Waals surface area contributed by atoms with Crippen LogP contribution in [0.2, 0.25) is 0 Å². The Morgan fingerprint density at radius 2 is 1.90 bits per heavy atom. The molecule has 0 saturated carbocycles. The summed E-state index contributed by atoms with van der Waals surface area (Å²) in [5.41, 5.74) is 3.03. The first-order valence-electron chi connectivity index (χ1n) is 7.42. The first-order valence-corrected chi connectivity index (χ1v) is 7.85. The van der Waals surface area contributed by atoms with Gasteiger partial charge in [0.05, 0.1) is 11.1 Å². The monoisotopic (exact) mass is 296 g/mol. The molecule has 2 heterocycles. The van der Waals surface area contributed by atoms with Gasteiger partial charge in [0, 0.05) is 13.1 Å². The number of hydrogen-bond acceptors (Lipinski definition) is 2. The summed E-state index contributed by atoms with van der Waals surface area (Å²) in [5, 5.41) is 4.39. The highest BCUT2D eigenvalue weighted by molar-refractivity contribution is 6.20. The van der Waals surface area contributed by atoms with E-state index in [0.29, 0.717) is 12.0 Å². The standard InChI is InChI=1S/C15H25ClN4/c1-7-9(2)8-10(3)20-14(11(4)16)17-13-12(5)18-19(6)15(13)20/h9-11H,7-8H2,1-6H3. The summed E-state index contributed by atoms with van der Waals surface area (Å²) in [5.74, 6) is 1.64. The van der Waals surface area contributed by atoms with Crippen LogP contribution >= 0.6 is 11.6 Å². The summed E-state index contributed by atoms with van der Waals surface area (Å²) in [6, 6.07) is 0.376. The average molecular weight is 297 g/mol. The lowest BCUT2D eigenvalue weighted by Gasteiger charge is -2.21. The normalized spacial score (nSPS) is 16.6. The van der Waals surface area contributed by atoms with Crippen molar-refractivity contribution < 1.29 is 0 Å². The van der Waals surface area contributed by atoms with Crippen molar-refractivity contribution in [2.24, 2.45) is 13.0 Å². The van der Waals surface area contributed by atoms with Crippen molar-refractivity contribution in [3.05, 3.63) is 11.5 Å². The van der Waals surface area contributed by atoms with Gasteiger partial charge in [0.15, 0.2) is 5.65 Å². The molecule has 0 aliphatic heterocycles. The maximum atomic E-state index is 6.34. The molecular weight excluding hydrogens is 272 g/mol. The Morgan fingerprint density at radius 1 is 1.25 bits per heavy atom. The fourth-order valence-corrected chi connectivity index (χ4v) is 3.04. The minimum absolute atomic E-state index is 0.0961. The van der Waals surface area contributed by atoms with Gasteiger partial charge < -0.3 is 4.57 Å². The fraction of sp³-hybridized carbons (Fsp3) is 0.733. The Bertz CT molecular complexity index is 597. The molecule has 2 rings (SSSR count). The van der Waals surface area contributed by atoms with E-state index in [-0.39, 0.29) is 5.38 Å². The quantitative estimate of drug-likeness (QED) is 0.768. The Morgan fingerprint density at radius 3 is 2.45 bits per heavy atom. The van der Waals surface area contributed by atoms with Gasteiger partial charge in [-0.25, -0.2) is 4.98 Å². The second kappa shape index (κ2) is 5.76. The van der Waals surface area contributed by atoms with Crippen LogP contribution < -0.4 is 0 Å². The summed E-state index contributed by atoms with van der Waals surface area (Å²) in [6.07, 6.45) is 2.32. The zero-order valence-electron chi connectivity index (χ0n) is 13.3. The topological polar surface area (TPSA) is 35.6 Å². The largest absolute Gasteiger partial charge is 0.309 e. The number of aryl methyl sites for hydroxylation is 2. The molecule has 0 radical (unpaired) electrons. The van der Waals surface area contributed by atoms with Crippen LogP contribution in [0, 0.1) is 12.8 Å². The Balaban J connectivity index is 2.56. The van der Waals surface area contributed by atoms with Crippen LogP contribution in [-0.2, 0) is 7.05 Å².